The molecule has 2 N–H and O–H groups in total. The summed E-state index contributed by atoms with van der Waals surface area (Å²) in [5, 5.41) is 7.05. The topological polar surface area (TPSA) is 75.6 Å². The Hall–Kier alpha value is -2.63. The van der Waals surface area contributed by atoms with Crippen LogP contribution in [0.15, 0.2) is 41.3 Å². The Kier molecular flexibility index (Phi) is 2.33. The summed E-state index contributed by atoms with van der Waals surface area (Å²) in [7, 11) is 1.71. The van der Waals surface area contributed by atoms with Crippen LogP contribution in [-0.2, 0) is 7.05 Å². The molecule has 90 valence electrons. The van der Waals surface area contributed by atoms with Crippen molar-refractivity contribution in [3.63, 3.8) is 0 Å². The molecule has 0 saturated carbocycles. The van der Waals surface area contributed by atoms with Gasteiger partial charge in [0.05, 0.1) is 6.20 Å². The van der Waals surface area contributed by atoms with Crippen molar-refractivity contribution in [2.45, 2.75) is 0 Å². The number of hydrogen-bond acceptors (Lipinski definition) is 4. The average Bonchev–Trinajstić information content (AvgIpc) is 2.72. The smallest absolute Gasteiger partial charge is 0.278 e. The van der Waals surface area contributed by atoms with Gasteiger partial charge in [0.1, 0.15) is 5.52 Å². The summed E-state index contributed by atoms with van der Waals surface area (Å²) in [6.45, 7) is 0. The van der Waals surface area contributed by atoms with Crippen LogP contribution >= 0.6 is 0 Å². The standard InChI is InChI=1S/C12H11N5O/c1-17-10-9(7-13-17)15-12(16-11(10)18)14-8-5-3-2-4-6-8/h2-7H,1H3,(H2,14,15,16,18). The van der Waals surface area contributed by atoms with Gasteiger partial charge in [0.25, 0.3) is 5.56 Å². The van der Waals surface area contributed by atoms with Gasteiger partial charge < -0.3 is 5.32 Å². The van der Waals surface area contributed by atoms with E-state index in [0.29, 0.717) is 17.0 Å². The third-order valence-electron chi connectivity index (χ3n) is 2.64. The first-order chi connectivity index (χ1) is 8.74. The normalized spacial score (nSPS) is 10.7. The number of aromatic amines is 1. The van der Waals surface area contributed by atoms with Crippen LogP contribution in [0.5, 0.6) is 0 Å². The van der Waals surface area contributed by atoms with E-state index in [1.807, 2.05) is 30.3 Å². The number of nitrogens with zero attached hydrogens (tertiary/aromatic N) is 3. The molecule has 0 unspecified atom stereocenters. The van der Waals surface area contributed by atoms with E-state index in [-0.39, 0.29) is 5.56 Å². The van der Waals surface area contributed by atoms with Crippen LogP contribution in [-0.4, -0.2) is 19.7 Å². The van der Waals surface area contributed by atoms with Crippen LogP contribution in [0, 0.1) is 0 Å². The summed E-state index contributed by atoms with van der Waals surface area (Å²) in [5.74, 6) is 0.409. The molecule has 3 aromatic rings. The van der Waals surface area contributed by atoms with Crippen molar-refractivity contribution in [2.75, 3.05) is 5.32 Å². The van der Waals surface area contributed by atoms with Crippen LogP contribution in [0.2, 0.25) is 0 Å². The van der Waals surface area contributed by atoms with Crippen molar-refractivity contribution in [1.29, 1.82) is 0 Å². The Labute approximate surface area is 102 Å². The molecule has 0 radical (unpaired) electrons. The highest BCUT2D eigenvalue weighted by Crippen LogP contribution is 2.12. The summed E-state index contributed by atoms with van der Waals surface area (Å²) in [6.07, 6.45) is 1.57. The number of benzene rings is 1. The molecule has 18 heavy (non-hydrogen) atoms. The molecule has 2 heterocycles. The largest absolute Gasteiger partial charge is 0.326 e. The maximum Gasteiger partial charge on any atom is 0.278 e. The zero-order valence-electron chi connectivity index (χ0n) is 9.71. The molecular weight excluding hydrogens is 230 g/mol. The Morgan fingerprint density at radius 3 is 2.83 bits per heavy atom. The third-order valence-corrected chi connectivity index (χ3v) is 2.64. The Morgan fingerprint density at radius 1 is 1.28 bits per heavy atom. The SMILES string of the molecule is Cn1ncc2nc(Nc3ccccc3)[nH]c(=O)c21. The molecule has 0 bridgehead atoms. The van der Waals surface area contributed by atoms with Crippen LogP contribution < -0.4 is 10.9 Å². The van der Waals surface area contributed by atoms with Gasteiger partial charge in [-0.25, -0.2) is 4.98 Å². The molecule has 0 amide bonds. The lowest BCUT2D eigenvalue weighted by Crippen LogP contribution is -2.13. The zero-order valence-corrected chi connectivity index (χ0v) is 9.71. The quantitative estimate of drug-likeness (QED) is 0.711. The highest BCUT2D eigenvalue weighted by atomic mass is 16.1. The molecule has 0 aliphatic rings. The molecule has 2 aromatic heterocycles. The van der Waals surface area contributed by atoms with E-state index < -0.39 is 0 Å². The van der Waals surface area contributed by atoms with Crippen molar-refractivity contribution in [3.05, 3.63) is 46.9 Å². The summed E-state index contributed by atoms with van der Waals surface area (Å²) in [4.78, 5) is 18.9. The van der Waals surface area contributed by atoms with Gasteiger partial charge >= 0.3 is 0 Å². The van der Waals surface area contributed by atoms with Crippen molar-refractivity contribution < 1.29 is 0 Å². The number of nitrogens with one attached hydrogen (secondary N) is 2. The predicted molar refractivity (Wildman–Crippen MR) is 68.9 cm³/mol. The molecule has 6 nitrogen and oxygen atoms in total. The molecule has 0 aliphatic heterocycles. The number of anilines is 2. The maximum atomic E-state index is 11.9. The van der Waals surface area contributed by atoms with Gasteiger partial charge in [0.15, 0.2) is 5.52 Å². The third kappa shape index (κ3) is 1.73. The molecular formula is C12H11N5O. The van der Waals surface area contributed by atoms with E-state index in [4.69, 9.17) is 0 Å². The monoisotopic (exact) mass is 241 g/mol. The fraction of sp³-hybridized carbons (Fsp3) is 0.0833. The highest BCUT2D eigenvalue weighted by Gasteiger charge is 2.07. The number of hydrogen-bond donors (Lipinski definition) is 2. The molecule has 0 aliphatic carbocycles. The molecule has 0 atom stereocenters. The van der Waals surface area contributed by atoms with E-state index in [0.717, 1.165) is 5.69 Å². The molecule has 6 heteroatoms. The number of rotatable bonds is 2. The lowest BCUT2D eigenvalue weighted by Gasteiger charge is -2.04. The molecule has 1 aromatic carbocycles. The van der Waals surface area contributed by atoms with Gasteiger partial charge in [0.2, 0.25) is 5.95 Å². The van der Waals surface area contributed by atoms with E-state index in [1.165, 1.54) is 4.68 Å². The number of fused-ring (bicyclic) bond motifs is 1. The summed E-state index contributed by atoms with van der Waals surface area (Å²) in [6, 6.07) is 9.53. The minimum atomic E-state index is -0.210. The van der Waals surface area contributed by atoms with Crippen LogP contribution in [0.4, 0.5) is 11.6 Å². The van der Waals surface area contributed by atoms with Crippen LogP contribution in [0.1, 0.15) is 0 Å². The van der Waals surface area contributed by atoms with E-state index in [2.05, 4.69) is 20.4 Å². The van der Waals surface area contributed by atoms with Crippen molar-refractivity contribution in [1.82, 2.24) is 19.7 Å². The van der Waals surface area contributed by atoms with Gasteiger partial charge in [-0.1, -0.05) is 18.2 Å². The fourth-order valence-corrected chi connectivity index (χ4v) is 1.80. The van der Waals surface area contributed by atoms with Gasteiger partial charge in [-0.3, -0.25) is 14.5 Å². The Morgan fingerprint density at radius 2 is 2.06 bits per heavy atom. The second-order valence-electron chi connectivity index (χ2n) is 3.91. The number of H-pyrrole nitrogens is 1. The number of para-hydroxylation sites is 1. The van der Waals surface area contributed by atoms with Gasteiger partial charge in [-0.15, -0.1) is 0 Å². The summed E-state index contributed by atoms with van der Waals surface area (Å²) >= 11 is 0. The Balaban J connectivity index is 2.06. The predicted octanol–water partition coefficient (Wildman–Crippen LogP) is 1.40. The minimum absolute atomic E-state index is 0.210. The summed E-state index contributed by atoms with van der Waals surface area (Å²) < 4.78 is 1.51. The van der Waals surface area contributed by atoms with Crippen molar-refractivity contribution >= 4 is 22.7 Å². The molecule has 0 spiro atoms. The first kappa shape index (κ1) is 10.5. The number of aryl methyl sites for hydroxylation is 1. The lowest BCUT2D eigenvalue weighted by molar-refractivity contribution is 0.792. The lowest BCUT2D eigenvalue weighted by atomic mass is 10.3. The van der Waals surface area contributed by atoms with Crippen LogP contribution in [0.25, 0.3) is 11.0 Å². The first-order valence-electron chi connectivity index (χ1n) is 5.48. The average molecular weight is 241 g/mol. The molecule has 0 fully saturated rings. The van der Waals surface area contributed by atoms with E-state index in [1.54, 1.807) is 13.2 Å². The maximum absolute atomic E-state index is 11.9. The van der Waals surface area contributed by atoms with Gasteiger partial charge in [-0.2, -0.15) is 5.10 Å². The molecule has 3 rings (SSSR count). The molecule has 0 saturated heterocycles. The van der Waals surface area contributed by atoms with E-state index >= 15 is 0 Å². The van der Waals surface area contributed by atoms with Gasteiger partial charge in [-0.05, 0) is 12.1 Å². The van der Waals surface area contributed by atoms with Gasteiger partial charge in [0, 0.05) is 12.7 Å². The minimum Gasteiger partial charge on any atom is -0.326 e. The van der Waals surface area contributed by atoms with E-state index in [9.17, 15) is 4.79 Å². The van der Waals surface area contributed by atoms with Crippen molar-refractivity contribution in [3.8, 4) is 0 Å². The highest BCUT2D eigenvalue weighted by molar-refractivity contribution is 5.74. The zero-order chi connectivity index (χ0) is 12.5. The first-order valence-corrected chi connectivity index (χ1v) is 5.48. The fourth-order valence-electron chi connectivity index (χ4n) is 1.80. The summed E-state index contributed by atoms with van der Waals surface area (Å²) in [5.41, 5.74) is 1.69. The second kappa shape index (κ2) is 3.99. The number of aromatic nitrogens is 4. The second-order valence-corrected chi connectivity index (χ2v) is 3.91. The van der Waals surface area contributed by atoms with Crippen molar-refractivity contribution in [2.24, 2.45) is 7.05 Å². The van der Waals surface area contributed by atoms with Crippen LogP contribution in [0.3, 0.4) is 0 Å². The Bertz CT molecular complexity index is 744.